The lowest BCUT2D eigenvalue weighted by molar-refractivity contribution is 0.321. The van der Waals surface area contributed by atoms with E-state index in [0.717, 1.165) is 43.1 Å². The number of nitriles is 2. The van der Waals surface area contributed by atoms with Crippen molar-refractivity contribution in [2.45, 2.75) is 98.1 Å². The Bertz CT molecular complexity index is 827. The van der Waals surface area contributed by atoms with Gasteiger partial charge in [-0.1, -0.05) is 13.8 Å². The van der Waals surface area contributed by atoms with E-state index < -0.39 is 33.8 Å². The Balaban J connectivity index is 2.90. The molecular formula is C23H45N3O3Si4. The van der Waals surface area contributed by atoms with E-state index in [2.05, 4.69) is 78.1 Å². The topological polar surface area (TPSA) is 87.3 Å². The Labute approximate surface area is 206 Å². The molecule has 33 heavy (non-hydrogen) atoms. The van der Waals surface area contributed by atoms with Crippen molar-refractivity contribution in [3.05, 3.63) is 22.9 Å². The molecule has 0 bridgehead atoms. The molecule has 0 radical (unpaired) electrons. The smallest absolute Gasteiger partial charge is 0.315 e. The molecule has 1 unspecified atom stereocenters. The molecule has 6 nitrogen and oxygen atoms in total. The zero-order valence-electron chi connectivity index (χ0n) is 22.7. The summed E-state index contributed by atoms with van der Waals surface area (Å²) in [6, 6.07) is 4.99. The molecule has 1 atom stereocenters. The van der Waals surface area contributed by atoms with Crippen LogP contribution < -0.4 is 5.32 Å². The average Bonchev–Trinajstić information content (AvgIpc) is 2.54. The monoisotopic (exact) mass is 523 g/mol. The Morgan fingerprint density at radius 1 is 0.909 bits per heavy atom. The van der Waals surface area contributed by atoms with Crippen molar-refractivity contribution in [1.29, 1.82) is 10.5 Å². The highest BCUT2D eigenvalue weighted by Crippen LogP contribution is 2.38. The molecule has 0 saturated heterocycles. The summed E-state index contributed by atoms with van der Waals surface area (Å²) >= 11 is 0. The summed E-state index contributed by atoms with van der Waals surface area (Å²) in [5.74, 6) is 0. The largest absolute Gasteiger partial charge is 0.437 e. The van der Waals surface area contributed by atoms with Crippen LogP contribution in [0.5, 0.6) is 0 Å². The standard InChI is InChI=1S/C23H45N3O3Si4/c1-23(2)16-20(21(18-24)19-25)15-22(17-23)26-13-12-14-33(11,28-31(6,7)8)29-32(9,10)27-30(3,4)5/h15,26H,12-14,16-17H2,1-11H3. The predicted octanol–water partition coefficient (Wildman–Crippen LogP) is 6.51. The minimum atomic E-state index is -2.41. The molecule has 1 aliphatic rings. The molecule has 1 N–H and O–H groups in total. The maximum absolute atomic E-state index is 9.29. The normalized spacial score (nSPS) is 18.6. The molecule has 10 heteroatoms. The SMILES string of the molecule is CC1(C)CC(NCCC[Si](C)(O[Si](C)(C)C)O[Si](C)(C)O[Si](C)(C)C)=CC(=C(C#N)C#N)C1. The molecule has 0 aromatic rings. The first-order chi connectivity index (χ1) is 14.8. The van der Waals surface area contributed by atoms with Crippen LogP contribution in [0.4, 0.5) is 0 Å². The summed E-state index contributed by atoms with van der Waals surface area (Å²) in [4.78, 5) is 0. The second-order valence-electron chi connectivity index (χ2n) is 12.4. The van der Waals surface area contributed by atoms with Crippen LogP contribution in [0.25, 0.3) is 0 Å². The maximum atomic E-state index is 9.29. The number of rotatable bonds is 11. The number of hydrogen-bond acceptors (Lipinski definition) is 6. The molecule has 0 spiro atoms. The summed E-state index contributed by atoms with van der Waals surface area (Å²) in [6.45, 7) is 24.9. The van der Waals surface area contributed by atoms with Crippen LogP contribution in [0.3, 0.4) is 0 Å². The molecule has 0 saturated carbocycles. The first-order valence-electron chi connectivity index (χ1n) is 11.9. The van der Waals surface area contributed by atoms with Gasteiger partial charge in [0.15, 0.2) is 16.6 Å². The van der Waals surface area contributed by atoms with E-state index in [0.29, 0.717) is 0 Å². The van der Waals surface area contributed by atoms with Gasteiger partial charge in [-0.25, -0.2) is 0 Å². The first kappa shape index (κ1) is 30.0. The molecular weight excluding hydrogens is 479 g/mol. The van der Waals surface area contributed by atoms with Crippen LogP contribution in [-0.4, -0.2) is 40.3 Å². The van der Waals surface area contributed by atoms with Crippen molar-refractivity contribution in [2.75, 3.05) is 6.54 Å². The minimum Gasteiger partial charge on any atom is -0.437 e. The van der Waals surface area contributed by atoms with Crippen molar-refractivity contribution in [2.24, 2.45) is 5.41 Å². The second-order valence-corrected chi connectivity index (χ2v) is 28.9. The quantitative estimate of drug-likeness (QED) is 0.189. The molecule has 0 amide bonds. The maximum Gasteiger partial charge on any atom is 0.315 e. The summed E-state index contributed by atoms with van der Waals surface area (Å²) in [5, 5.41) is 22.1. The Hall–Kier alpha value is -0.992. The third-order valence-electron chi connectivity index (χ3n) is 4.93. The molecule has 1 aliphatic carbocycles. The van der Waals surface area contributed by atoms with E-state index in [1.54, 1.807) is 0 Å². The van der Waals surface area contributed by atoms with Gasteiger partial charge in [-0.15, -0.1) is 0 Å². The first-order valence-corrected chi connectivity index (χ1v) is 24.0. The van der Waals surface area contributed by atoms with Crippen molar-refractivity contribution in [1.82, 2.24) is 5.32 Å². The van der Waals surface area contributed by atoms with Crippen LogP contribution in [-0.2, 0) is 12.3 Å². The van der Waals surface area contributed by atoms with Crippen LogP contribution in [0.2, 0.25) is 65.0 Å². The fraction of sp³-hybridized carbons (Fsp3) is 0.739. The number of nitrogens with one attached hydrogen (secondary N) is 1. The van der Waals surface area contributed by atoms with Gasteiger partial charge < -0.3 is 17.7 Å². The van der Waals surface area contributed by atoms with Crippen molar-refractivity contribution < 1.29 is 12.3 Å². The minimum absolute atomic E-state index is 0.0164. The third-order valence-corrected chi connectivity index (χ3v) is 18.5. The molecule has 0 aromatic carbocycles. The van der Waals surface area contributed by atoms with E-state index >= 15 is 0 Å². The van der Waals surface area contributed by atoms with Gasteiger partial charge in [0.25, 0.3) is 0 Å². The number of hydrogen-bond donors (Lipinski definition) is 1. The van der Waals surface area contributed by atoms with E-state index in [1.165, 1.54) is 0 Å². The molecule has 186 valence electrons. The van der Waals surface area contributed by atoms with Gasteiger partial charge in [0.2, 0.25) is 0 Å². The molecule has 0 fully saturated rings. The van der Waals surface area contributed by atoms with Gasteiger partial charge in [-0.3, -0.25) is 0 Å². The Kier molecular flexibility index (Phi) is 10.2. The van der Waals surface area contributed by atoms with Gasteiger partial charge in [0, 0.05) is 12.2 Å². The van der Waals surface area contributed by atoms with E-state index in [4.69, 9.17) is 12.3 Å². The zero-order chi connectivity index (χ0) is 25.7. The Morgan fingerprint density at radius 3 is 1.94 bits per heavy atom. The summed E-state index contributed by atoms with van der Waals surface area (Å²) in [7, 11) is -8.19. The second kappa shape index (κ2) is 11.2. The lowest BCUT2D eigenvalue weighted by atomic mass is 9.76. The number of allylic oxidation sites excluding steroid dienone is 4. The zero-order valence-corrected chi connectivity index (χ0v) is 26.7. The van der Waals surface area contributed by atoms with Crippen LogP contribution in [0.15, 0.2) is 22.9 Å². The highest BCUT2D eigenvalue weighted by molar-refractivity contribution is 6.89. The number of nitrogens with zero attached hydrogens (tertiary/aromatic N) is 2. The fourth-order valence-electron chi connectivity index (χ4n) is 4.56. The van der Waals surface area contributed by atoms with Gasteiger partial charge in [-0.05, 0) is 101 Å². The van der Waals surface area contributed by atoms with Crippen LogP contribution in [0, 0.1) is 28.1 Å². The van der Waals surface area contributed by atoms with E-state index in [-0.39, 0.29) is 11.0 Å². The Morgan fingerprint density at radius 2 is 1.45 bits per heavy atom. The van der Waals surface area contributed by atoms with Gasteiger partial charge in [0.1, 0.15) is 17.7 Å². The van der Waals surface area contributed by atoms with Crippen LogP contribution in [0.1, 0.15) is 33.1 Å². The highest BCUT2D eigenvalue weighted by atomic mass is 28.5. The van der Waals surface area contributed by atoms with E-state index in [9.17, 15) is 10.5 Å². The summed E-state index contributed by atoms with van der Waals surface area (Å²) < 4.78 is 19.9. The van der Waals surface area contributed by atoms with Gasteiger partial charge in [0.05, 0.1) is 0 Å². The van der Waals surface area contributed by atoms with E-state index in [1.807, 2.05) is 18.2 Å². The predicted molar refractivity (Wildman–Crippen MR) is 146 cm³/mol. The van der Waals surface area contributed by atoms with Crippen molar-refractivity contribution >= 4 is 33.8 Å². The molecule has 0 heterocycles. The summed E-state index contributed by atoms with van der Waals surface area (Å²) in [6.07, 6.45) is 4.58. The van der Waals surface area contributed by atoms with Gasteiger partial charge >= 0.3 is 17.1 Å². The summed E-state index contributed by atoms with van der Waals surface area (Å²) in [5.41, 5.74) is 2.16. The molecule has 1 rings (SSSR count). The lowest BCUT2D eigenvalue weighted by Gasteiger charge is -2.41. The van der Waals surface area contributed by atoms with Crippen LogP contribution >= 0.6 is 0 Å². The third kappa shape index (κ3) is 11.8. The van der Waals surface area contributed by atoms with Crippen molar-refractivity contribution in [3.63, 3.8) is 0 Å². The molecule has 0 aliphatic heterocycles. The lowest BCUT2D eigenvalue weighted by Crippen LogP contribution is -2.56. The molecule has 0 aromatic heterocycles. The van der Waals surface area contributed by atoms with Gasteiger partial charge in [-0.2, -0.15) is 10.5 Å². The van der Waals surface area contributed by atoms with Crippen molar-refractivity contribution in [3.8, 4) is 12.1 Å². The fourth-order valence-corrected chi connectivity index (χ4v) is 22.5. The highest BCUT2D eigenvalue weighted by Gasteiger charge is 2.44. The average molecular weight is 524 g/mol.